The van der Waals surface area contributed by atoms with Crippen molar-refractivity contribution in [3.8, 4) is 17.6 Å². The highest BCUT2D eigenvalue weighted by molar-refractivity contribution is 6.08. The van der Waals surface area contributed by atoms with Crippen LogP contribution in [0.3, 0.4) is 0 Å². The number of methoxy groups -OCH3 is 1. The van der Waals surface area contributed by atoms with Crippen molar-refractivity contribution in [1.82, 2.24) is 0 Å². The van der Waals surface area contributed by atoms with Crippen molar-refractivity contribution in [2.75, 3.05) is 17.7 Å². The summed E-state index contributed by atoms with van der Waals surface area (Å²) in [6, 6.07) is 15.2. The van der Waals surface area contributed by atoms with Crippen LogP contribution < -0.4 is 15.4 Å². The summed E-state index contributed by atoms with van der Waals surface area (Å²) in [4.78, 5) is 12.7. The summed E-state index contributed by atoms with van der Waals surface area (Å²) in [6.45, 7) is 1.78. The second-order valence-corrected chi connectivity index (χ2v) is 5.36. The van der Waals surface area contributed by atoms with E-state index in [1.54, 1.807) is 14.0 Å². The number of amides is 1. The summed E-state index contributed by atoms with van der Waals surface area (Å²) in [5.74, 6) is 6.62. The zero-order valence-corrected chi connectivity index (χ0v) is 13.1. The molecule has 2 N–H and O–H groups in total. The summed E-state index contributed by atoms with van der Waals surface area (Å²) in [5, 5.41) is 6.32. The minimum absolute atomic E-state index is 0.0859. The highest BCUT2D eigenvalue weighted by Gasteiger charge is 2.46. The van der Waals surface area contributed by atoms with Gasteiger partial charge >= 0.3 is 0 Å². The van der Waals surface area contributed by atoms with E-state index >= 15 is 0 Å². The fourth-order valence-corrected chi connectivity index (χ4v) is 2.80. The van der Waals surface area contributed by atoms with Crippen LogP contribution >= 0.6 is 0 Å². The number of fused-ring (bicyclic) bond motifs is 1. The van der Waals surface area contributed by atoms with E-state index in [9.17, 15) is 4.79 Å². The second kappa shape index (κ2) is 6.05. The van der Waals surface area contributed by atoms with E-state index in [1.807, 2.05) is 48.5 Å². The lowest BCUT2D eigenvalue weighted by molar-refractivity contribution is -0.119. The molecule has 2 aromatic rings. The summed E-state index contributed by atoms with van der Waals surface area (Å²) < 4.78 is 5.18. The van der Waals surface area contributed by atoms with Gasteiger partial charge in [0.15, 0.2) is 5.54 Å². The average Bonchev–Trinajstić information content (AvgIpc) is 2.86. The maximum Gasteiger partial charge on any atom is 0.255 e. The lowest BCUT2D eigenvalue weighted by Gasteiger charge is -2.28. The predicted molar refractivity (Wildman–Crippen MR) is 91.4 cm³/mol. The van der Waals surface area contributed by atoms with Gasteiger partial charge in [0.1, 0.15) is 5.75 Å². The summed E-state index contributed by atoms with van der Waals surface area (Å²) >= 11 is 0. The molecule has 3 rings (SSSR count). The Balaban J connectivity index is 2.03. The van der Waals surface area contributed by atoms with E-state index in [0.29, 0.717) is 6.42 Å². The number of para-hydroxylation sites is 1. The molecule has 0 fully saturated rings. The van der Waals surface area contributed by atoms with Gasteiger partial charge in [-0.25, -0.2) is 0 Å². The molecule has 0 saturated carbocycles. The smallest absolute Gasteiger partial charge is 0.255 e. The fraction of sp³-hybridized carbons (Fsp3) is 0.211. The molecule has 1 atom stereocenters. The third-order valence-electron chi connectivity index (χ3n) is 4.00. The van der Waals surface area contributed by atoms with Gasteiger partial charge in [-0.05, 0) is 37.3 Å². The quantitative estimate of drug-likeness (QED) is 0.852. The fourth-order valence-electron chi connectivity index (χ4n) is 2.80. The molecule has 0 saturated heterocycles. The first kappa shape index (κ1) is 15.0. The molecule has 23 heavy (non-hydrogen) atoms. The predicted octanol–water partition coefficient (Wildman–Crippen LogP) is 3.37. The van der Waals surface area contributed by atoms with E-state index in [0.717, 1.165) is 22.7 Å². The largest absolute Gasteiger partial charge is 0.497 e. The maximum absolute atomic E-state index is 12.7. The lowest BCUT2D eigenvalue weighted by Crippen LogP contribution is -2.41. The van der Waals surface area contributed by atoms with Crippen molar-refractivity contribution in [1.29, 1.82) is 0 Å². The van der Waals surface area contributed by atoms with Crippen molar-refractivity contribution < 1.29 is 9.53 Å². The standard InChI is InChI=1S/C19H18N2O2/c1-3-4-13-19(21-14-9-11-15(23-2)12-10-14)16-7-5-6-8-17(16)20-18(19)22/h5-12,21H,13H2,1-2H3,(H,20,22). The molecule has 1 unspecified atom stereocenters. The molecule has 4 heteroatoms. The van der Waals surface area contributed by atoms with Gasteiger partial charge in [-0.1, -0.05) is 18.2 Å². The van der Waals surface area contributed by atoms with Gasteiger partial charge < -0.3 is 15.4 Å². The molecule has 0 radical (unpaired) electrons. The molecule has 0 spiro atoms. The molecule has 0 aliphatic carbocycles. The molecular formula is C19H18N2O2. The molecule has 4 nitrogen and oxygen atoms in total. The summed E-state index contributed by atoms with van der Waals surface area (Å²) in [6.07, 6.45) is 0.401. The molecule has 1 heterocycles. The zero-order chi connectivity index (χ0) is 16.3. The Hall–Kier alpha value is -2.93. The monoisotopic (exact) mass is 306 g/mol. The van der Waals surface area contributed by atoms with Crippen LogP contribution in [0.1, 0.15) is 18.9 Å². The minimum atomic E-state index is -0.881. The number of hydrogen-bond acceptors (Lipinski definition) is 3. The van der Waals surface area contributed by atoms with E-state index in [1.165, 1.54) is 0 Å². The van der Waals surface area contributed by atoms with Gasteiger partial charge in [-0.3, -0.25) is 4.79 Å². The maximum atomic E-state index is 12.7. The number of carbonyl (C=O) groups is 1. The molecule has 1 aliphatic rings. The van der Waals surface area contributed by atoms with Crippen molar-refractivity contribution in [2.24, 2.45) is 0 Å². The number of carbonyl (C=O) groups excluding carboxylic acids is 1. The van der Waals surface area contributed by atoms with Gasteiger partial charge in [-0.15, -0.1) is 11.8 Å². The van der Waals surface area contributed by atoms with E-state index in [4.69, 9.17) is 4.74 Å². The highest BCUT2D eigenvalue weighted by Crippen LogP contribution is 2.40. The average molecular weight is 306 g/mol. The van der Waals surface area contributed by atoms with Crippen molar-refractivity contribution in [2.45, 2.75) is 18.9 Å². The van der Waals surface area contributed by atoms with Crippen LogP contribution in [0.25, 0.3) is 0 Å². The first-order valence-corrected chi connectivity index (χ1v) is 7.42. The third-order valence-corrected chi connectivity index (χ3v) is 4.00. The lowest BCUT2D eigenvalue weighted by atomic mass is 9.87. The molecule has 116 valence electrons. The van der Waals surface area contributed by atoms with Crippen LogP contribution in [0.4, 0.5) is 11.4 Å². The van der Waals surface area contributed by atoms with Gasteiger partial charge in [-0.2, -0.15) is 0 Å². The van der Waals surface area contributed by atoms with Crippen LogP contribution in [-0.2, 0) is 10.3 Å². The van der Waals surface area contributed by atoms with Crippen molar-refractivity contribution in [3.63, 3.8) is 0 Å². The Bertz CT molecular complexity index is 787. The minimum Gasteiger partial charge on any atom is -0.497 e. The molecule has 0 bridgehead atoms. The van der Waals surface area contributed by atoms with Crippen LogP contribution in [0.15, 0.2) is 48.5 Å². The van der Waals surface area contributed by atoms with Crippen molar-refractivity contribution >= 4 is 17.3 Å². The van der Waals surface area contributed by atoms with E-state index in [-0.39, 0.29) is 5.91 Å². The Labute approximate surface area is 135 Å². The molecular weight excluding hydrogens is 288 g/mol. The second-order valence-electron chi connectivity index (χ2n) is 5.36. The van der Waals surface area contributed by atoms with Gasteiger partial charge in [0.05, 0.1) is 7.11 Å². The molecule has 2 aromatic carbocycles. The number of anilines is 2. The van der Waals surface area contributed by atoms with E-state index < -0.39 is 5.54 Å². The molecule has 0 aromatic heterocycles. The number of hydrogen-bond donors (Lipinski definition) is 2. The first-order chi connectivity index (χ1) is 11.2. The number of benzene rings is 2. The van der Waals surface area contributed by atoms with Crippen LogP contribution in [0.5, 0.6) is 5.75 Å². The zero-order valence-electron chi connectivity index (χ0n) is 13.1. The summed E-state index contributed by atoms with van der Waals surface area (Å²) in [7, 11) is 1.63. The Morgan fingerprint density at radius 3 is 2.61 bits per heavy atom. The Morgan fingerprint density at radius 2 is 1.91 bits per heavy atom. The highest BCUT2D eigenvalue weighted by atomic mass is 16.5. The van der Waals surface area contributed by atoms with Crippen LogP contribution in [-0.4, -0.2) is 13.0 Å². The topological polar surface area (TPSA) is 50.4 Å². The Kier molecular flexibility index (Phi) is 3.94. The van der Waals surface area contributed by atoms with Crippen LogP contribution in [0.2, 0.25) is 0 Å². The molecule has 1 amide bonds. The SMILES string of the molecule is CC#CCC1(Nc2ccc(OC)cc2)C(=O)Nc2ccccc21. The van der Waals surface area contributed by atoms with Gasteiger partial charge in [0, 0.05) is 23.4 Å². The Morgan fingerprint density at radius 1 is 1.17 bits per heavy atom. The van der Waals surface area contributed by atoms with Crippen LogP contribution in [0, 0.1) is 11.8 Å². The normalized spacial score (nSPS) is 18.4. The number of rotatable bonds is 4. The number of ether oxygens (including phenoxy) is 1. The molecule has 1 aliphatic heterocycles. The van der Waals surface area contributed by atoms with Crippen molar-refractivity contribution in [3.05, 3.63) is 54.1 Å². The third kappa shape index (κ3) is 2.62. The number of nitrogens with one attached hydrogen (secondary N) is 2. The van der Waals surface area contributed by atoms with Gasteiger partial charge in [0.2, 0.25) is 0 Å². The first-order valence-electron chi connectivity index (χ1n) is 7.42. The van der Waals surface area contributed by atoms with Gasteiger partial charge in [0.25, 0.3) is 5.91 Å². The van der Waals surface area contributed by atoms with E-state index in [2.05, 4.69) is 22.5 Å². The summed E-state index contributed by atoms with van der Waals surface area (Å²) in [5.41, 5.74) is 1.71.